The van der Waals surface area contributed by atoms with Crippen molar-refractivity contribution in [1.82, 2.24) is 19.7 Å². The lowest BCUT2D eigenvalue weighted by atomic mass is 10.4. The summed E-state index contributed by atoms with van der Waals surface area (Å²) in [6.07, 6.45) is 4.93. The summed E-state index contributed by atoms with van der Waals surface area (Å²) in [5.74, 6) is 1.16. The van der Waals surface area contributed by atoms with Gasteiger partial charge < -0.3 is 4.74 Å². The molecule has 0 spiro atoms. The lowest BCUT2D eigenvalue weighted by molar-refractivity contribution is 0.457. The van der Waals surface area contributed by atoms with Gasteiger partial charge in [0.15, 0.2) is 5.75 Å². The molecule has 0 saturated carbocycles. The van der Waals surface area contributed by atoms with Crippen molar-refractivity contribution in [1.29, 1.82) is 0 Å². The number of aromatic nitrogens is 4. The van der Waals surface area contributed by atoms with Gasteiger partial charge in [0, 0.05) is 12.1 Å². The molecular formula is C10H11BrN4O. The van der Waals surface area contributed by atoms with Gasteiger partial charge in [0.2, 0.25) is 5.88 Å². The van der Waals surface area contributed by atoms with E-state index in [4.69, 9.17) is 4.74 Å². The van der Waals surface area contributed by atoms with Gasteiger partial charge in [-0.3, -0.25) is 4.68 Å². The summed E-state index contributed by atoms with van der Waals surface area (Å²) in [7, 11) is 0. The molecule has 0 amide bonds. The van der Waals surface area contributed by atoms with Crippen molar-refractivity contribution >= 4 is 15.9 Å². The zero-order valence-corrected chi connectivity index (χ0v) is 10.5. The summed E-state index contributed by atoms with van der Waals surface area (Å²) < 4.78 is 8.04. The first kappa shape index (κ1) is 11.1. The van der Waals surface area contributed by atoms with Gasteiger partial charge in [0.25, 0.3) is 0 Å². The Balaban J connectivity index is 2.14. The number of ether oxygens (including phenoxy) is 1. The van der Waals surface area contributed by atoms with Crippen LogP contribution in [0.5, 0.6) is 11.6 Å². The predicted molar refractivity (Wildman–Crippen MR) is 62.4 cm³/mol. The Kier molecular flexibility index (Phi) is 3.19. The Morgan fingerprint density at radius 3 is 2.81 bits per heavy atom. The lowest BCUT2D eigenvalue weighted by Gasteiger charge is -2.03. The van der Waals surface area contributed by atoms with E-state index >= 15 is 0 Å². The molecular weight excluding hydrogens is 272 g/mol. The smallest absolute Gasteiger partial charge is 0.223 e. The average Bonchev–Trinajstić information content (AvgIpc) is 2.66. The van der Waals surface area contributed by atoms with Gasteiger partial charge >= 0.3 is 0 Å². The van der Waals surface area contributed by atoms with Gasteiger partial charge in [-0.2, -0.15) is 5.10 Å². The van der Waals surface area contributed by atoms with Gasteiger partial charge in [-0.1, -0.05) is 0 Å². The molecule has 0 saturated heterocycles. The third-order valence-corrected chi connectivity index (χ3v) is 2.37. The maximum Gasteiger partial charge on any atom is 0.223 e. The molecule has 0 atom stereocenters. The maximum absolute atomic E-state index is 5.53. The van der Waals surface area contributed by atoms with Gasteiger partial charge in [-0.25, -0.2) is 9.97 Å². The van der Waals surface area contributed by atoms with Gasteiger partial charge in [0.1, 0.15) is 10.9 Å². The standard InChI is InChI=1S/C10H11BrN4O/c1-7(2)15-5-8(4-14-15)16-10-3-9(11)12-6-13-10/h3-7H,1-2H3. The molecule has 2 heterocycles. The van der Waals surface area contributed by atoms with Crippen molar-refractivity contribution in [2.24, 2.45) is 0 Å². The van der Waals surface area contributed by atoms with E-state index < -0.39 is 0 Å². The Labute approximate surface area is 102 Å². The van der Waals surface area contributed by atoms with E-state index in [1.54, 1.807) is 12.3 Å². The average molecular weight is 283 g/mol. The van der Waals surface area contributed by atoms with Gasteiger partial charge in [-0.05, 0) is 29.8 Å². The fraction of sp³-hybridized carbons (Fsp3) is 0.300. The van der Waals surface area contributed by atoms with Crippen LogP contribution < -0.4 is 4.74 Å². The molecule has 0 N–H and O–H groups in total. The maximum atomic E-state index is 5.53. The van der Waals surface area contributed by atoms with Crippen molar-refractivity contribution in [2.75, 3.05) is 0 Å². The van der Waals surface area contributed by atoms with Crippen LogP contribution in [0.15, 0.2) is 29.4 Å². The van der Waals surface area contributed by atoms with E-state index in [9.17, 15) is 0 Å². The molecule has 0 bridgehead atoms. The molecule has 2 aromatic heterocycles. The summed E-state index contributed by atoms with van der Waals surface area (Å²) in [4.78, 5) is 7.91. The zero-order valence-electron chi connectivity index (χ0n) is 8.96. The summed E-state index contributed by atoms with van der Waals surface area (Å²) in [6, 6.07) is 2.02. The second kappa shape index (κ2) is 4.61. The Hall–Kier alpha value is -1.43. The topological polar surface area (TPSA) is 52.8 Å². The van der Waals surface area contributed by atoms with Crippen LogP contribution in [0.1, 0.15) is 19.9 Å². The van der Waals surface area contributed by atoms with Crippen molar-refractivity contribution in [2.45, 2.75) is 19.9 Å². The van der Waals surface area contributed by atoms with Crippen LogP contribution in [-0.2, 0) is 0 Å². The van der Waals surface area contributed by atoms with Crippen molar-refractivity contribution in [3.8, 4) is 11.6 Å². The highest BCUT2D eigenvalue weighted by Gasteiger charge is 2.04. The molecule has 0 aliphatic rings. The number of hydrogen-bond acceptors (Lipinski definition) is 4. The summed E-state index contributed by atoms with van der Waals surface area (Å²) in [5, 5.41) is 4.17. The number of halogens is 1. The highest BCUT2D eigenvalue weighted by atomic mass is 79.9. The van der Waals surface area contributed by atoms with Gasteiger partial charge in [-0.15, -0.1) is 0 Å². The van der Waals surface area contributed by atoms with E-state index in [2.05, 4.69) is 44.8 Å². The van der Waals surface area contributed by atoms with Crippen molar-refractivity contribution < 1.29 is 4.74 Å². The number of nitrogens with zero attached hydrogens (tertiary/aromatic N) is 4. The summed E-state index contributed by atoms with van der Waals surface area (Å²) in [6.45, 7) is 4.11. The number of hydrogen-bond donors (Lipinski definition) is 0. The highest BCUT2D eigenvalue weighted by Crippen LogP contribution is 2.21. The monoisotopic (exact) mass is 282 g/mol. The van der Waals surface area contributed by atoms with E-state index in [1.165, 1.54) is 6.33 Å². The second-order valence-corrected chi connectivity index (χ2v) is 4.34. The zero-order chi connectivity index (χ0) is 11.5. The van der Waals surface area contributed by atoms with Crippen LogP contribution in [0.25, 0.3) is 0 Å². The van der Waals surface area contributed by atoms with E-state index in [-0.39, 0.29) is 0 Å². The molecule has 0 aliphatic heterocycles. The molecule has 0 aromatic carbocycles. The summed E-state index contributed by atoms with van der Waals surface area (Å²) in [5.41, 5.74) is 0. The molecule has 0 radical (unpaired) electrons. The predicted octanol–water partition coefficient (Wildman–Crippen LogP) is 2.81. The Bertz CT molecular complexity index is 483. The molecule has 0 fully saturated rings. The number of rotatable bonds is 3. The van der Waals surface area contributed by atoms with Crippen molar-refractivity contribution in [3.05, 3.63) is 29.4 Å². The largest absolute Gasteiger partial charge is 0.436 e. The molecule has 5 nitrogen and oxygen atoms in total. The minimum absolute atomic E-state index is 0.314. The highest BCUT2D eigenvalue weighted by molar-refractivity contribution is 9.10. The quantitative estimate of drug-likeness (QED) is 0.813. The molecule has 0 aliphatic carbocycles. The molecule has 2 aromatic rings. The molecule has 16 heavy (non-hydrogen) atoms. The fourth-order valence-electron chi connectivity index (χ4n) is 1.15. The minimum Gasteiger partial charge on any atom is -0.436 e. The first-order valence-electron chi connectivity index (χ1n) is 4.84. The third-order valence-electron chi connectivity index (χ3n) is 1.94. The third kappa shape index (κ3) is 2.57. The minimum atomic E-state index is 0.314. The van der Waals surface area contributed by atoms with Crippen LogP contribution in [0, 0.1) is 0 Å². The van der Waals surface area contributed by atoms with E-state index in [0.717, 1.165) is 0 Å². The van der Waals surface area contributed by atoms with E-state index in [0.29, 0.717) is 22.3 Å². The molecule has 84 valence electrons. The first-order chi connectivity index (χ1) is 7.65. The van der Waals surface area contributed by atoms with Crippen LogP contribution in [0.4, 0.5) is 0 Å². The Morgan fingerprint density at radius 2 is 2.19 bits per heavy atom. The second-order valence-electron chi connectivity index (χ2n) is 3.53. The first-order valence-corrected chi connectivity index (χ1v) is 5.64. The molecule has 0 unspecified atom stereocenters. The van der Waals surface area contributed by atoms with Crippen LogP contribution in [0.3, 0.4) is 0 Å². The molecule has 2 rings (SSSR count). The van der Waals surface area contributed by atoms with E-state index in [1.807, 2.05) is 10.9 Å². The Morgan fingerprint density at radius 1 is 1.38 bits per heavy atom. The lowest BCUT2D eigenvalue weighted by Crippen LogP contribution is -1.99. The van der Waals surface area contributed by atoms with Crippen molar-refractivity contribution in [3.63, 3.8) is 0 Å². The normalized spacial score (nSPS) is 10.8. The van der Waals surface area contributed by atoms with Crippen LogP contribution in [0.2, 0.25) is 0 Å². The molecule has 6 heteroatoms. The fourth-order valence-corrected chi connectivity index (χ4v) is 1.44. The summed E-state index contributed by atoms with van der Waals surface area (Å²) >= 11 is 3.25. The van der Waals surface area contributed by atoms with Crippen LogP contribution in [-0.4, -0.2) is 19.7 Å². The van der Waals surface area contributed by atoms with Gasteiger partial charge in [0.05, 0.1) is 12.4 Å². The van der Waals surface area contributed by atoms with Crippen LogP contribution >= 0.6 is 15.9 Å². The SMILES string of the molecule is CC(C)n1cc(Oc2cc(Br)ncn2)cn1.